The maximum atomic E-state index is 10.5. The van der Waals surface area contributed by atoms with E-state index in [0.717, 1.165) is 30.6 Å². The van der Waals surface area contributed by atoms with Crippen LogP contribution in [0.3, 0.4) is 0 Å². The van der Waals surface area contributed by atoms with Crippen molar-refractivity contribution in [2.75, 3.05) is 6.61 Å². The molecule has 5 rings (SSSR count). The predicted molar refractivity (Wildman–Crippen MR) is 114 cm³/mol. The number of hydrogen-bond acceptors (Lipinski definition) is 2. The van der Waals surface area contributed by atoms with Gasteiger partial charge >= 0.3 is 0 Å². The van der Waals surface area contributed by atoms with Crippen LogP contribution in [0, 0.1) is 44.8 Å². The van der Waals surface area contributed by atoms with Gasteiger partial charge in [-0.05, 0) is 115 Å². The smallest absolute Gasteiger partial charge is 0.0545 e. The number of aliphatic hydroxyl groups is 2. The molecule has 0 aromatic heterocycles. The molecule has 0 aliphatic heterocycles. The normalized spacial score (nSPS) is 61.1. The summed E-state index contributed by atoms with van der Waals surface area (Å²) in [6, 6.07) is 0. The molecule has 0 aromatic rings. The maximum Gasteiger partial charge on any atom is 0.0545 e. The van der Waals surface area contributed by atoms with Gasteiger partial charge < -0.3 is 10.2 Å². The summed E-state index contributed by atoms with van der Waals surface area (Å²) in [4.78, 5) is 0. The summed E-state index contributed by atoms with van der Waals surface area (Å²) in [7, 11) is 0. The Morgan fingerprint density at radius 3 is 2.21 bits per heavy atom. The number of fused-ring (bicyclic) bond motifs is 7. The molecule has 0 aromatic carbocycles. The minimum Gasteiger partial charge on any atom is -0.396 e. The second-order valence-corrected chi connectivity index (χ2v) is 13.0. The van der Waals surface area contributed by atoms with E-state index in [0.29, 0.717) is 28.3 Å². The molecule has 2 heteroatoms. The molecule has 5 saturated carbocycles. The van der Waals surface area contributed by atoms with Crippen molar-refractivity contribution >= 4 is 0 Å². The molecule has 9 atom stereocenters. The highest BCUT2D eigenvalue weighted by Crippen LogP contribution is 2.77. The summed E-state index contributed by atoms with van der Waals surface area (Å²) in [6.07, 6.45) is 15.2. The van der Waals surface area contributed by atoms with Crippen molar-refractivity contribution in [1.82, 2.24) is 0 Å². The number of hydrogen-bond donors (Lipinski definition) is 2. The molecule has 0 amide bonds. The Balaban J connectivity index is 1.53. The lowest BCUT2D eigenvalue weighted by Crippen LogP contribution is -2.66. The minimum absolute atomic E-state index is 0.0762. The first kappa shape index (κ1) is 19.9. The van der Waals surface area contributed by atoms with Crippen LogP contribution in [-0.2, 0) is 0 Å². The molecule has 0 heterocycles. The fourth-order valence-electron chi connectivity index (χ4n) is 10.4. The molecule has 0 radical (unpaired) electrons. The quantitative estimate of drug-likeness (QED) is 0.583. The van der Waals surface area contributed by atoms with Gasteiger partial charge in [-0.15, -0.1) is 0 Å². The first-order valence-corrected chi connectivity index (χ1v) is 12.4. The summed E-state index contributed by atoms with van der Waals surface area (Å²) in [6.45, 7) is 10.9. The first-order valence-electron chi connectivity index (χ1n) is 12.4. The summed E-state index contributed by atoms with van der Waals surface area (Å²) < 4.78 is 0. The lowest BCUT2D eigenvalue weighted by molar-refractivity contribution is -0.248. The summed E-state index contributed by atoms with van der Waals surface area (Å²) in [5, 5.41) is 20.8. The van der Waals surface area contributed by atoms with Gasteiger partial charge in [0.1, 0.15) is 0 Å². The first-order chi connectivity index (χ1) is 13.1. The van der Waals surface area contributed by atoms with Crippen LogP contribution in [0.5, 0.6) is 0 Å². The molecule has 5 aliphatic rings. The lowest BCUT2D eigenvalue weighted by atomic mass is 9.32. The standard InChI is InChI=1S/C26H44O2/c1-22-12-13-25(4)21(24(22,3)11-9-18(28)16-22)8-7-19-20-6-5-10-26(20,17-27)15-14-23(19,25)2/h18-21,27-28H,5-17H2,1-4H3/t18?,19?,20?,21?,22?,23-,24?,25?,26?/m1/s1. The van der Waals surface area contributed by atoms with Gasteiger partial charge in [-0.25, -0.2) is 0 Å². The van der Waals surface area contributed by atoms with E-state index < -0.39 is 0 Å². The van der Waals surface area contributed by atoms with E-state index in [1.165, 1.54) is 64.2 Å². The zero-order valence-electron chi connectivity index (χ0n) is 18.9. The fourth-order valence-corrected chi connectivity index (χ4v) is 10.4. The van der Waals surface area contributed by atoms with Crippen molar-refractivity contribution < 1.29 is 10.2 Å². The molecule has 0 bridgehead atoms. The van der Waals surface area contributed by atoms with E-state index in [1.807, 2.05) is 0 Å². The van der Waals surface area contributed by atoms with Crippen LogP contribution in [0.4, 0.5) is 0 Å². The van der Waals surface area contributed by atoms with Crippen molar-refractivity contribution in [3.63, 3.8) is 0 Å². The Kier molecular flexibility index (Phi) is 4.25. The largest absolute Gasteiger partial charge is 0.396 e. The van der Waals surface area contributed by atoms with E-state index in [-0.39, 0.29) is 11.5 Å². The van der Waals surface area contributed by atoms with Crippen LogP contribution in [0.15, 0.2) is 0 Å². The highest BCUT2D eigenvalue weighted by Gasteiger charge is 2.70. The van der Waals surface area contributed by atoms with E-state index in [9.17, 15) is 10.2 Å². The maximum absolute atomic E-state index is 10.5. The SMILES string of the molecule is CC12CCC3(C)C(CCC4C5CCCC5(CO)CC[C@]43C)C1(C)CCC(O)C2. The molecule has 8 unspecified atom stereocenters. The third kappa shape index (κ3) is 2.18. The van der Waals surface area contributed by atoms with E-state index in [4.69, 9.17) is 0 Å². The Morgan fingerprint density at radius 2 is 1.46 bits per heavy atom. The Hall–Kier alpha value is -0.0800. The van der Waals surface area contributed by atoms with Crippen LogP contribution >= 0.6 is 0 Å². The molecule has 0 spiro atoms. The van der Waals surface area contributed by atoms with E-state index in [1.54, 1.807) is 0 Å². The average Bonchev–Trinajstić information content (AvgIpc) is 3.09. The second-order valence-electron chi connectivity index (χ2n) is 13.0. The Labute approximate surface area is 172 Å². The van der Waals surface area contributed by atoms with Gasteiger partial charge in [-0.3, -0.25) is 0 Å². The highest BCUT2D eigenvalue weighted by molar-refractivity contribution is 5.19. The lowest BCUT2D eigenvalue weighted by Gasteiger charge is -2.73. The van der Waals surface area contributed by atoms with Crippen LogP contribution < -0.4 is 0 Å². The number of rotatable bonds is 1. The van der Waals surface area contributed by atoms with Crippen LogP contribution in [0.2, 0.25) is 0 Å². The molecule has 2 N–H and O–H groups in total. The highest BCUT2D eigenvalue weighted by atomic mass is 16.3. The van der Waals surface area contributed by atoms with Crippen molar-refractivity contribution in [3.8, 4) is 0 Å². The second kappa shape index (κ2) is 6.00. The fraction of sp³-hybridized carbons (Fsp3) is 1.00. The average molecular weight is 389 g/mol. The Morgan fingerprint density at radius 1 is 0.714 bits per heavy atom. The summed E-state index contributed by atoms with van der Waals surface area (Å²) in [5.74, 6) is 2.39. The van der Waals surface area contributed by atoms with Gasteiger partial charge in [0.15, 0.2) is 0 Å². The molecule has 28 heavy (non-hydrogen) atoms. The monoisotopic (exact) mass is 388 g/mol. The molecule has 5 fully saturated rings. The van der Waals surface area contributed by atoms with Crippen LogP contribution in [-0.4, -0.2) is 22.9 Å². The molecule has 0 saturated heterocycles. The molecular weight excluding hydrogens is 344 g/mol. The molecule has 2 nitrogen and oxygen atoms in total. The van der Waals surface area contributed by atoms with Gasteiger partial charge in [0, 0.05) is 6.61 Å². The zero-order valence-corrected chi connectivity index (χ0v) is 18.9. The minimum atomic E-state index is -0.0762. The van der Waals surface area contributed by atoms with Crippen LogP contribution in [0.25, 0.3) is 0 Å². The van der Waals surface area contributed by atoms with Crippen molar-refractivity contribution in [3.05, 3.63) is 0 Å². The van der Waals surface area contributed by atoms with Gasteiger partial charge in [0.25, 0.3) is 0 Å². The number of aliphatic hydroxyl groups excluding tert-OH is 2. The van der Waals surface area contributed by atoms with Crippen molar-refractivity contribution in [2.24, 2.45) is 44.8 Å². The van der Waals surface area contributed by atoms with Crippen molar-refractivity contribution in [1.29, 1.82) is 0 Å². The predicted octanol–water partition coefficient (Wildman–Crippen LogP) is 5.95. The van der Waals surface area contributed by atoms with Gasteiger partial charge in [0.2, 0.25) is 0 Å². The Bertz CT molecular complexity index is 646. The molecule has 5 aliphatic carbocycles. The molecular formula is C26H44O2. The zero-order chi connectivity index (χ0) is 20.0. The topological polar surface area (TPSA) is 40.5 Å². The summed E-state index contributed by atoms with van der Waals surface area (Å²) in [5.41, 5.74) is 1.82. The van der Waals surface area contributed by atoms with E-state index >= 15 is 0 Å². The van der Waals surface area contributed by atoms with Gasteiger partial charge in [-0.2, -0.15) is 0 Å². The summed E-state index contributed by atoms with van der Waals surface area (Å²) >= 11 is 0. The molecule has 160 valence electrons. The van der Waals surface area contributed by atoms with Crippen LogP contribution in [0.1, 0.15) is 105 Å². The third-order valence-corrected chi connectivity index (χ3v) is 12.6. The van der Waals surface area contributed by atoms with Gasteiger partial charge in [0.05, 0.1) is 6.10 Å². The third-order valence-electron chi connectivity index (χ3n) is 12.6. The van der Waals surface area contributed by atoms with E-state index in [2.05, 4.69) is 27.7 Å². The van der Waals surface area contributed by atoms with Gasteiger partial charge in [-0.1, -0.05) is 34.1 Å². The van der Waals surface area contributed by atoms with Crippen molar-refractivity contribution in [2.45, 2.75) is 111 Å².